The van der Waals surface area contributed by atoms with Gasteiger partial charge in [-0.1, -0.05) is 41.8 Å². The molecule has 0 radical (unpaired) electrons. The number of rotatable bonds is 11. The second-order valence-electron chi connectivity index (χ2n) is 11.5. The Morgan fingerprint density at radius 1 is 1.07 bits per heavy atom. The Balaban J connectivity index is 1.41. The number of anilines is 3. The van der Waals surface area contributed by atoms with E-state index >= 15 is 4.39 Å². The lowest BCUT2D eigenvalue weighted by Gasteiger charge is -2.32. The zero-order valence-electron chi connectivity index (χ0n) is 25.9. The van der Waals surface area contributed by atoms with Gasteiger partial charge in [-0.05, 0) is 106 Å². The molecule has 1 aromatic heterocycles. The predicted molar refractivity (Wildman–Crippen MR) is 177 cm³/mol. The first kappa shape index (κ1) is 32.2. The number of benzene rings is 3. The van der Waals surface area contributed by atoms with Crippen molar-refractivity contribution in [1.29, 1.82) is 0 Å². The van der Waals surface area contributed by atoms with Gasteiger partial charge in [0, 0.05) is 35.1 Å². The van der Waals surface area contributed by atoms with Crippen molar-refractivity contribution in [1.82, 2.24) is 14.9 Å². The molecule has 4 aromatic rings. The number of likely N-dealkylation sites (tertiary alicyclic amines) is 1. The maximum absolute atomic E-state index is 15.5. The first-order chi connectivity index (χ1) is 21.7. The predicted octanol–water partition coefficient (Wildman–Crippen LogP) is 8.47. The number of carbonyl (C=O) groups is 1. The number of aryl methyl sites for hydroxylation is 3. The van der Waals surface area contributed by atoms with E-state index in [2.05, 4.69) is 20.2 Å². The SMILES string of the molecule is Cc1cc(C)c(C(c2cc(Cl)ccc2F)N(C(=O)O)c2ccnc(Nc3cccc(OCCCN4CCCCC4)c3)n2)c(C)c1. The van der Waals surface area contributed by atoms with Gasteiger partial charge in [0.1, 0.15) is 17.4 Å². The van der Waals surface area contributed by atoms with Gasteiger partial charge in [0.25, 0.3) is 0 Å². The Morgan fingerprint density at radius 3 is 2.56 bits per heavy atom. The Kier molecular flexibility index (Phi) is 10.5. The van der Waals surface area contributed by atoms with Crippen molar-refractivity contribution in [3.63, 3.8) is 0 Å². The second-order valence-corrected chi connectivity index (χ2v) is 12.0. The van der Waals surface area contributed by atoms with Crippen LogP contribution in [0.15, 0.2) is 66.9 Å². The van der Waals surface area contributed by atoms with E-state index in [1.54, 1.807) is 0 Å². The molecule has 2 N–H and O–H groups in total. The van der Waals surface area contributed by atoms with Crippen molar-refractivity contribution in [2.75, 3.05) is 36.5 Å². The van der Waals surface area contributed by atoms with Gasteiger partial charge in [0.15, 0.2) is 0 Å². The first-order valence-corrected chi connectivity index (χ1v) is 15.7. The number of ether oxygens (including phenoxy) is 1. The summed E-state index contributed by atoms with van der Waals surface area (Å²) < 4.78 is 21.5. The summed E-state index contributed by atoms with van der Waals surface area (Å²) >= 11 is 6.31. The standard InChI is InChI=1S/C35H39ClFN5O3/c1-23-19-24(2)32(25(3)20-23)33(29-21-26(36)11-12-30(29)37)42(35(43)44)31-13-14-38-34(40-31)39-27-9-7-10-28(22-27)45-18-8-17-41-15-5-4-6-16-41/h7,9-14,19-22,33H,4-6,8,15-18H2,1-3H3,(H,43,44)(H,38,39,40). The van der Waals surface area contributed by atoms with Crippen LogP contribution in [-0.2, 0) is 0 Å². The van der Waals surface area contributed by atoms with E-state index in [9.17, 15) is 9.90 Å². The maximum Gasteiger partial charge on any atom is 0.413 e. The lowest BCUT2D eigenvalue weighted by molar-refractivity contribution is 0.199. The molecule has 2 heterocycles. The zero-order valence-corrected chi connectivity index (χ0v) is 26.6. The molecule has 8 nitrogen and oxygen atoms in total. The highest BCUT2D eigenvalue weighted by Crippen LogP contribution is 2.38. The van der Waals surface area contributed by atoms with Gasteiger partial charge in [-0.15, -0.1) is 0 Å². The Labute approximate surface area is 268 Å². The monoisotopic (exact) mass is 631 g/mol. The highest BCUT2D eigenvalue weighted by molar-refractivity contribution is 6.30. The van der Waals surface area contributed by atoms with Gasteiger partial charge in [0.05, 0.1) is 12.6 Å². The fourth-order valence-corrected chi connectivity index (χ4v) is 6.29. The van der Waals surface area contributed by atoms with Gasteiger partial charge >= 0.3 is 6.09 Å². The minimum Gasteiger partial charge on any atom is -0.493 e. The molecule has 1 amide bonds. The summed E-state index contributed by atoms with van der Waals surface area (Å²) in [5.74, 6) is 0.400. The number of nitrogens with zero attached hydrogens (tertiary/aromatic N) is 4. The van der Waals surface area contributed by atoms with Crippen LogP contribution in [0.1, 0.15) is 59.5 Å². The lowest BCUT2D eigenvalue weighted by atomic mass is 9.88. The van der Waals surface area contributed by atoms with E-state index in [1.807, 2.05) is 57.2 Å². The maximum atomic E-state index is 15.5. The summed E-state index contributed by atoms with van der Waals surface area (Å²) in [7, 11) is 0. The van der Waals surface area contributed by atoms with E-state index in [-0.39, 0.29) is 17.3 Å². The highest BCUT2D eigenvalue weighted by Gasteiger charge is 2.34. The van der Waals surface area contributed by atoms with Crippen LogP contribution in [0.5, 0.6) is 5.75 Å². The number of aromatic nitrogens is 2. The first-order valence-electron chi connectivity index (χ1n) is 15.3. The van der Waals surface area contributed by atoms with Gasteiger partial charge in [-0.3, -0.25) is 0 Å². The molecule has 0 spiro atoms. The molecule has 0 aliphatic carbocycles. The molecule has 1 fully saturated rings. The van der Waals surface area contributed by atoms with Crippen LogP contribution in [0.2, 0.25) is 5.02 Å². The minimum absolute atomic E-state index is 0.0777. The van der Waals surface area contributed by atoms with E-state index in [1.165, 1.54) is 49.7 Å². The molecule has 3 aromatic carbocycles. The molecule has 0 saturated carbocycles. The van der Waals surface area contributed by atoms with Crippen molar-refractivity contribution in [3.05, 3.63) is 106 Å². The third kappa shape index (κ3) is 8.09. The number of piperidine rings is 1. The minimum atomic E-state index is -1.30. The van der Waals surface area contributed by atoms with Crippen LogP contribution in [0, 0.1) is 26.6 Å². The highest BCUT2D eigenvalue weighted by atomic mass is 35.5. The summed E-state index contributed by atoms with van der Waals surface area (Å²) in [6.45, 7) is 9.71. The Morgan fingerprint density at radius 2 is 1.82 bits per heavy atom. The number of amides is 1. The fourth-order valence-electron chi connectivity index (χ4n) is 6.11. The zero-order chi connectivity index (χ0) is 31.9. The Hall–Kier alpha value is -4.21. The van der Waals surface area contributed by atoms with Crippen molar-refractivity contribution >= 4 is 35.1 Å². The average Bonchev–Trinajstić information content (AvgIpc) is 3.00. The van der Waals surface area contributed by atoms with Crippen molar-refractivity contribution in [2.45, 2.75) is 52.5 Å². The molecule has 1 aliphatic heterocycles. The van der Waals surface area contributed by atoms with Crippen LogP contribution in [-0.4, -0.2) is 52.3 Å². The molecule has 1 saturated heterocycles. The van der Waals surface area contributed by atoms with Crippen molar-refractivity contribution in [2.24, 2.45) is 0 Å². The van der Waals surface area contributed by atoms with Gasteiger partial charge in [-0.2, -0.15) is 4.98 Å². The molecular weight excluding hydrogens is 593 g/mol. The van der Waals surface area contributed by atoms with E-state index in [0.717, 1.165) is 47.6 Å². The fraction of sp³-hybridized carbons (Fsp3) is 0.343. The van der Waals surface area contributed by atoms with Gasteiger partial charge < -0.3 is 20.1 Å². The van der Waals surface area contributed by atoms with E-state index in [0.29, 0.717) is 28.6 Å². The van der Waals surface area contributed by atoms with Crippen LogP contribution >= 0.6 is 11.6 Å². The average molecular weight is 632 g/mol. The second kappa shape index (κ2) is 14.7. The number of hydrogen-bond acceptors (Lipinski definition) is 6. The van der Waals surface area contributed by atoms with E-state index < -0.39 is 18.0 Å². The molecule has 1 unspecified atom stereocenters. The summed E-state index contributed by atoms with van der Waals surface area (Å²) in [6.07, 6.45) is 4.98. The van der Waals surface area contributed by atoms with Gasteiger partial charge in [-0.25, -0.2) is 19.1 Å². The molecular formula is C35H39ClFN5O3. The van der Waals surface area contributed by atoms with E-state index in [4.69, 9.17) is 16.3 Å². The van der Waals surface area contributed by atoms with Crippen LogP contribution < -0.4 is 15.0 Å². The molecule has 1 aliphatic rings. The smallest absolute Gasteiger partial charge is 0.413 e. The van der Waals surface area contributed by atoms with Crippen molar-refractivity contribution in [3.8, 4) is 5.75 Å². The molecule has 236 valence electrons. The summed E-state index contributed by atoms with van der Waals surface area (Å²) in [5, 5.41) is 14.0. The number of halogens is 2. The quantitative estimate of drug-likeness (QED) is 0.160. The molecule has 45 heavy (non-hydrogen) atoms. The summed E-state index contributed by atoms with van der Waals surface area (Å²) in [5.41, 5.74) is 4.13. The lowest BCUT2D eigenvalue weighted by Crippen LogP contribution is -2.36. The molecule has 5 rings (SSSR count). The van der Waals surface area contributed by atoms with Gasteiger partial charge in [0.2, 0.25) is 5.95 Å². The normalized spacial score (nSPS) is 14.2. The van der Waals surface area contributed by atoms with Crippen LogP contribution in [0.25, 0.3) is 0 Å². The topological polar surface area (TPSA) is 90.8 Å². The van der Waals surface area contributed by atoms with Crippen LogP contribution in [0.3, 0.4) is 0 Å². The third-order valence-corrected chi connectivity index (χ3v) is 8.28. The third-order valence-electron chi connectivity index (χ3n) is 8.04. The summed E-state index contributed by atoms with van der Waals surface area (Å²) in [6, 6.07) is 16.0. The molecule has 1 atom stereocenters. The number of nitrogens with one attached hydrogen (secondary N) is 1. The molecule has 0 bridgehead atoms. The molecule has 10 heteroatoms. The van der Waals surface area contributed by atoms with Crippen molar-refractivity contribution < 1.29 is 19.0 Å². The largest absolute Gasteiger partial charge is 0.493 e. The Bertz CT molecular complexity index is 1620. The number of carboxylic acid groups (broad SMARTS) is 1. The number of hydrogen-bond donors (Lipinski definition) is 2. The summed E-state index contributed by atoms with van der Waals surface area (Å²) in [4.78, 5) is 25.4. The van der Waals surface area contributed by atoms with Crippen LogP contribution in [0.4, 0.5) is 26.6 Å².